The van der Waals surface area contributed by atoms with Crippen LogP contribution in [-0.2, 0) is 32.7 Å². The van der Waals surface area contributed by atoms with Gasteiger partial charge in [0.05, 0.1) is 0 Å². The number of allylic oxidation sites excluding steroid dienone is 3. The summed E-state index contributed by atoms with van der Waals surface area (Å²) in [5.74, 6) is -0.250. The van der Waals surface area contributed by atoms with E-state index in [2.05, 4.69) is 12.8 Å². The second kappa shape index (κ2) is 5.71. The van der Waals surface area contributed by atoms with E-state index in [9.17, 15) is 4.39 Å². The van der Waals surface area contributed by atoms with E-state index in [0.29, 0.717) is 5.70 Å². The zero-order chi connectivity index (χ0) is 9.14. The molecule has 1 nitrogen and oxygen atoms in total. The Kier molecular flexibility index (Phi) is 5.74. The van der Waals surface area contributed by atoms with E-state index in [1.807, 2.05) is 13.8 Å². The number of halogens is 1. The molecule has 0 saturated heterocycles. The number of hydrogen-bond acceptors (Lipinski definition) is 1. The Morgan fingerprint density at radius 1 is 1.62 bits per heavy atom. The van der Waals surface area contributed by atoms with Crippen molar-refractivity contribution in [3.05, 3.63) is 36.0 Å². The average molecular weight is 255 g/mol. The Hall–Kier alpha value is 0.0539. The SMILES string of the molecule is C=C1C(F)=CC(C)=[C-]N1CCC.[Y]. The van der Waals surface area contributed by atoms with Crippen molar-refractivity contribution in [3.63, 3.8) is 0 Å². The van der Waals surface area contributed by atoms with E-state index in [0.717, 1.165) is 18.5 Å². The molecule has 0 aromatic carbocycles. The second-order valence-electron chi connectivity index (χ2n) is 2.89. The molecule has 0 aromatic rings. The topological polar surface area (TPSA) is 3.24 Å². The molecule has 0 fully saturated rings. The van der Waals surface area contributed by atoms with Gasteiger partial charge in [0, 0.05) is 38.5 Å². The van der Waals surface area contributed by atoms with Crippen molar-refractivity contribution >= 4 is 0 Å². The van der Waals surface area contributed by atoms with Gasteiger partial charge in [0.15, 0.2) is 0 Å². The molecule has 0 amide bonds. The monoisotopic (exact) mass is 255 g/mol. The molecular formula is C10H13FNY-. The van der Waals surface area contributed by atoms with E-state index in [1.165, 1.54) is 6.08 Å². The minimum atomic E-state index is -0.250. The molecule has 69 valence electrons. The van der Waals surface area contributed by atoms with Crippen LogP contribution < -0.4 is 0 Å². The molecule has 0 aromatic heterocycles. The summed E-state index contributed by atoms with van der Waals surface area (Å²) in [4.78, 5) is 1.73. The van der Waals surface area contributed by atoms with Gasteiger partial charge in [0.1, 0.15) is 0 Å². The van der Waals surface area contributed by atoms with Gasteiger partial charge in [-0.2, -0.15) is 0 Å². The summed E-state index contributed by atoms with van der Waals surface area (Å²) >= 11 is 0. The fourth-order valence-corrected chi connectivity index (χ4v) is 1.13. The predicted molar refractivity (Wildman–Crippen MR) is 47.8 cm³/mol. The van der Waals surface area contributed by atoms with Crippen LogP contribution in [0.4, 0.5) is 4.39 Å². The van der Waals surface area contributed by atoms with Crippen molar-refractivity contribution in [1.82, 2.24) is 4.90 Å². The average Bonchev–Trinajstić information content (AvgIpc) is 2.00. The molecule has 3 heteroatoms. The van der Waals surface area contributed by atoms with Crippen LogP contribution in [0.5, 0.6) is 0 Å². The number of nitrogens with zero attached hydrogens (tertiary/aromatic N) is 1. The van der Waals surface area contributed by atoms with Crippen molar-refractivity contribution < 1.29 is 37.1 Å². The summed E-state index contributed by atoms with van der Waals surface area (Å²) < 4.78 is 13.1. The van der Waals surface area contributed by atoms with Crippen LogP contribution in [0.2, 0.25) is 0 Å². The van der Waals surface area contributed by atoms with Crippen LogP contribution in [0.1, 0.15) is 20.3 Å². The molecule has 0 unspecified atom stereocenters. The molecule has 0 N–H and O–H groups in total. The van der Waals surface area contributed by atoms with E-state index < -0.39 is 0 Å². The molecule has 0 aliphatic carbocycles. The molecule has 0 atom stereocenters. The summed E-state index contributed by atoms with van der Waals surface area (Å²) in [5, 5.41) is 0. The fraction of sp³-hybridized carbons (Fsp3) is 0.400. The van der Waals surface area contributed by atoms with Crippen molar-refractivity contribution in [3.8, 4) is 0 Å². The summed E-state index contributed by atoms with van der Waals surface area (Å²) in [6.07, 6.45) is 5.45. The van der Waals surface area contributed by atoms with Crippen LogP contribution in [0.15, 0.2) is 29.8 Å². The van der Waals surface area contributed by atoms with Crippen LogP contribution >= 0.6 is 0 Å². The first-order valence-electron chi connectivity index (χ1n) is 4.09. The Morgan fingerprint density at radius 2 is 2.23 bits per heavy atom. The zero-order valence-electron chi connectivity index (χ0n) is 8.10. The first kappa shape index (κ1) is 13.1. The third-order valence-corrected chi connectivity index (χ3v) is 1.70. The van der Waals surface area contributed by atoms with E-state index >= 15 is 0 Å². The summed E-state index contributed by atoms with van der Waals surface area (Å²) in [6.45, 7) is 8.28. The second-order valence-corrected chi connectivity index (χ2v) is 2.89. The fourth-order valence-electron chi connectivity index (χ4n) is 1.13. The van der Waals surface area contributed by atoms with Gasteiger partial charge < -0.3 is 4.90 Å². The molecule has 1 radical (unpaired) electrons. The summed E-state index contributed by atoms with van der Waals surface area (Å²) in [5.41, 5.74) is 1.23. The standard InChI is InChI=1S/C10H13FN.Y/c1-4-5-12-7-8(2)6-10(11)9(12)3;/h6H,3-5H2,1-2H3;/q-1;. The minimum Gasteiger partial charge on any atom is -0.453 e. The predicted octanol–water partition coefficient (Wildman–Crippen LogP) is 2.78. The first-order chi connectivity index (χ1) is 5.65. The molecule has 1 aliphatic heterocycles. The zero-order valence-corrected chi connectivity index (χ0v) is 10.9. The minimum absolute atomic E-state index is 0. The van der Waals surface area contributed by atoms with Crippen molar-refractivity contribution in [2.24, 2.45) is 0 Å². The van der Waals surface area contributed by atoms with Gasteiger partial charge in [-0.25, -0.2) is 4.39 Å². The summed E-state index contributed by atoms with van der Waals surface area (Å²) in [6, 6.07) is 0. The third-order valence-electron chi connectivity index (χ3n) is 1.70. The molecule has 0 saturated carbocycles. The molecule has 1 aliphatic rings. The molecule has 0 spiro atoms. The van der Waals surface area contributed by atoms with Crippen molar-refractivity contribution in [2.45, 2.75) is 20.3 Å². The first-order valence-corrected chi connectivity index (χ1v) is 4.09. The van der Waals surface area contributed by atoms with Gasteiger partial charge in [0.2, 0.25) is 0 Å². The third kappa shape index (κ3) is 3.36. The molecule has 0 bridgehead atoms. The van der Waals surface area contributed by atoms with Gasteiger partial charge in [0.25, 0.3) is 0 Å². The maximum Gasteiger partial charge on any atom is 0.0377 e. The van der Waals surface area contributed by atoms with Crippen LogP contribution in [-0.4, -0.2) is 11.4 Å². The van der Waals surface area contributed by atoms with E-state index in [1.54, 1.807) is 4.90 Å². The quantitative estimate of drug-likeness (QED) is 0.686. The van der Waals surface area contributed by atoms with E-state index in [4.69, 9.17) is 0 Å². The summed E-state index contributed by atoms with van der Waals surface area (Å²) in [7, 11) is 0. The Bertz CT molecular complexity index is 256. The van der Waals surface area contributed by atoms with Crippen molar-refractivity contribution in [2.75, 3.05) is 6.54 Å². The van der Waals surface area contributed by atoms with Gasteiger partial charge in [-0.1, -0.05) is 20.0 Å². The molecule has 13 heavy (non-hydrogen) atoms. The Balaban J connectivity index is 0.00000144. The van der Waals surface area contributed by atoms with Crippen LogP contribution in [0.25, 0.3) is 0 Å². The smallest absolute Gasteiger partial charge is 0.0377 e. The normalized spacial score (nSPS) is 16.2. The van der Waals surface area contributed by atoms with Gasteiger partial charge in [-0.15, -0.1) is 18.2 Å². The van der Waals surface area contributed by atoms with Gasteiger partial charge >= 0.3 is 0 Å². The number of hydrogen-bond donors (Lipinski definition) is 0. The maximum atomic E-state index is 13.1. The van der Waals surface area contributed by atoms with Gasteiger partial charge in [-0.3, -0.25) is 0 Å². The maximum absolute atomic E-state index is 13.1. The molecular weight excluding hydrogens is 242 g/mol. The van der Waals surface area contributed by atoms with Crippen molar-refractivity contribution in [1.29, 1.82) is 0 Å². The van der Waals surface area contributed by atoms with E-state index in [-0.39, 0.29) is 38.5 Å². The van der Waals surface area contributed by atoms with Gasteiger partial charge in [-0.05, 0) is 18.7 Å². The molecule has 1 rings (SSSR count). The largest absolute Gasteiger partial charge is 0.453 e. The number of rotatable bonds is 2. The Morgan fingerprint density at radius 3 is 2.77 bits per heavy atom. The molecule has 1 heterocycles. The van der Waals surface area contributed by atoms with Crippen LogP contribution in [0, 0.1) is 6.20 Å². The Labute approximate surface area is 104 Å². The van der Waals surface area contributed by atoms with Crippen LogP contribution in [0.3, 0.4) is 0 Å².